The Labute approximate surface area is 130 Å². The zero-order chi connectivity index (χ0) is 15.7. The maximum atomic E-state index is 12.5. The van der Waals surface area contributed by atoms with Gasteiger partial charge in [-0.25, -0.2) is 0 Å². The van der Waals surface area contributed by atoms with Crippen molar-refractivity contribution in [2.45, 2.75) is 33.0 Å². The van der Waals surface area contributed by atoms with Crippen molar-refractivity contribution in [3.05, 3.63) is 53.6 Å². The zero-order valence-electron chi connectivity index (χ0n) is 12.9. The maximum Gasteiger partial charge on any atom is 0.269 e. The average molecular weight is 297 g/mol. The summed E-state index contributed by atoms with van der Waals surface area (Å²) >= 11 is 0. The number of amides is 1. The Morgan fingerprint density at radius 1 is 1.00 bits per heavy atom. The number of carbonyl (C=O) groups is 1. The fourth-order valence-corrected chi connectivity index (χ4v) is 2.44. The molecule has 0 saturated carbocycles. The summed E-state index contributed by atoms with van der Waals surface area (Å²) < 4.78 is 11.6. The van der Waals surface area contributed by atoms with E-state index in [1.807, 2.05) is 57.2 Å². The van der Waals surface area contributed by atoms with E-state index in [9.17, 15) is 4.79 Å². The SMILES string of the molecule is Cc1ccc(NC(=O)C2Oc3ccccc3OC2C)cc1C. The molecule has 0 saturated heterocycles. The Kier molecular flexibility index (Phi) is 3.75. The number of benzene rings is 2. The maximum absolute atomic E-state index is 12.5. The van der Waals surface area contributed by atoms with Gasteiger partial charge in [0.25, 0.3) is 5.91 Å². The molecule has 1 aliphatic heterocycles. The van der Waals surface area contributed by atoms with Crippen molar-refractivity contribution in [1.29, 1.82) is 0 Å². The highest BCUT2D eigenvalue weighted by molar-refractivity contribution is 5.95. The first-order valence-electron chi connectivity index (χ1n) is 7.35. The van der Waals surface area contributed by atoms with E-state index in [4.69, 9.17) is 9.47 Å². The van der Waals surface area contributed by atoms with Gasteiger partial charge in [-0.15, -0.1) is 0 Å². The van der Waals surface area contributed by atoms with Crippen molar-refractivity contribution in [1.82, 2.24) is 0 Å². The molecule has 1 N–H and O–H groups in total. The molecule has 0 spiro atoms. The van der Waals surface area contributed by atoms with Crippen molar-refractivity contribution in [3.63, 3.8) is 0 Å². The first-order valence-corrected chi connectivity index (χ1v) is 7.35. The molecule has 1 amide bonds. The molecule has 2 unspecified atom stereocenters. The van der Waals surface area contributed by atoms with Crippen molar-refractivity contribution < 1.29 is 14.3 Å². The van der Waals surface area contributed by atoms with Crippen LogP contribution >= 0.6 is 0 Å². The van der Waals surface area contributed by atoms with Crippen molar-refractivity contribution in [3.8, 4) is 11.5 Å². The number of carbonyl (C=O) groups excluding carboxylic acids is 1. The third-order valence-electron chi connectivity index (χ3n) is 3.88. The second-order valence-electron chi connectivity index (χ2n) is 5.60. The molecule has 4 nitrogen and oxygen atoms in total. The van der Waals surface area contributed by atoms with Crippen molar-refractivity contribution >= 4 is 11.6 Å². The number of hydrogen-bond donors (Lipinski definition) is 1. The molecule has 2 aromatic carbocycles. The van der Waals surface area contributed by atoms with Crippen LogP contribution in [0.15, 0.2) is 42.5 Å². The summed E-state index contributed by atoms with van der Waals surface area (Å²) in [4.78, 5) is 12.5. The third-order valence-corrected chi connectivity index (χ3v) is 3.88. The molecular weight excluding hydrogens is 278 g/mol. The summed E-state index contributed by atoms with van der Waals surface area (Å²) in [6.45, 7) is 5.89. The number of fused-ring (bicyclic) bond motifs is 1. The topological polar surface area (TPSA) is 47.6 Å². The Bertz CT molecular complexity index is 711. The van der Waals surface area contributed by atoms with Crippen LogP contribution in [0.3, 0.4) is 0 Å². The molecule has 0 radical (unpaired) electrons. The van der Waals surface area contributed by atoms with Crippen LogP contribution in [0.4, 0.5) is 5.69 Å². The van der Waals surface area contributed by atoms with E-state index in [1.165, 1.54) is 5.56 Å². The molecule has 114 valence electrons. The van der Waals surface area contributed by atoms with Gasteiger partial charge in [0.1, 0.15) is 6.10 Å². The van der Waals surface area contributed by atoms with Gasteiger partial charge in [0.2, 0.25) is 6.10 Å². The lowest BCUT2D eigenvalue weighted by molar-refractivity contribution is -0.128. The average Bonchev–Trinajstić information content (AvgIpc) is 2.50. The minimum Gasteiger partial charge on any atom is -0.482 e. The van der Waals surface area contributed by atoms with Crippen molar-refractivity contribution in [2.24, 2.45) is 0 Å². The zero-order valence-corrected chi connectivity index (χ0v) is 12.9. The first-order chi connectivity index (χ1) is 10.5. The highest BCUT2D eigenvalue weighted by Crippen LogP contribution is 2.33. The number of hydrogen-bond acceptors (Lipinski definition) is 3. The summed E-state index contributed by atoms with van der Waals surface area (Å²) in [5, 5.41) is 2.90. The summed E-state index contributed by atoms with van der Waals surface area (Å²) in [6.07, 6.45) is -1.02. The largest absolute Gasteiger partial charge is 0.482 e. The molecule has 1 heterocycles. The molecule has 2 atom stereocenters. The Morgan fingerprint density at radius 3 is 2.36 bits per heavy atom. The molecule has 0 aromatic heterocycles. The lowest BCUT2D eigenvalue weighted by Gasteiger charge is -2.31. The van der Waals surface area contributed by atoms with Gasteiger partial charge in [-0.1, -0.05) is 18.2 Å². The van der Waals surface area contributed by atoms with Crippen LogP contribution in [-0.2, 0) is 4.79 Å². The monoisotopic (exact) mass is 297 g/mol. The predicted octanol–water partition coefficient (Wildman–Crippen LogP) is 3.47. The van der Waals surface area contributed by atoms with Crippen LogP contribution in [0, 0.1) is 13.8 Å². The van der Waals surface area contributed by atoms with Crippen LogP contribution in [0.5, 0.6) is 11.5 Å². The molecule has 0 aliphatic carbocycles. The minimum absolute atomic E-state index is 0.203. The van der Waals surface area contributed by atoms with Gasteiger partial charge in [0, 0.05) is 5.69 Å². The number of aryl methyl sites for hydroxylation is 2. The number of nitrogens with one attached hydrogen (secondary N) is 1. The Hall–Kier alpha value is -2.49. The van der Waals surface area contributed by atoms with Crippen LogP contribution < -0.4 is 14.8 Å². The molecule has 0 fully saturated rings. The second kappa shape index (κ2) is 5.72. The molecule has 4 heteroatoms. The molecule has 1 aliphatic rings. The molecule has 0 bridgehead atoms. The van der Waals surface area contributed by atoms with Crippen LogP contribution in [-0.4, -0.2) is 18.1 Å². The number of anilines is 1. The van der Waals surface area contributed by atoms with Gasteiger partial charge >= 0.3 is 0 Å². The van der Waals surface area contributed by atoms with Gasteiger partial charge in [-0.05, 0) is 56.2 Å². The van der Waals surface area contributed by atoms with E-state index >= 15 is 0 Å². The summed E-state index contributed by atoms with van der Waals surface area (Å²) in [6, 6.07) is 13.2. The molecular formula is C18H19NO3. The van der Waals surface area contributed by atoms with E-state index in [0.29, 0.717) is 11.5 Å². The lowest BCUT2D eigenvalue weighted by atomic mass is 10.1. The first kappa shape index (κ1) is 14.4. The molecule has 3 rings (SSSR count). The molecule has 22 heavy (non-hydrogen) atoms. The Morgan fingerprint density at radius 2 is 1.68 bits per heavy atom. The van der Waals surface area contributed by atoms with E-state index in [1.54, 1.807) is 6.07 Å². The smallest absolute Gasteiger partial charge is 0.269 e. The van der Waals surface area contributed by atoms with E-state index in [0.717, 1.165) is 11.3 Å². The quantitative estimate of drug-likeness (QED) is 0.923. The standard InChI is InChI=1S/C18H19NO3/c1-11-8-9-14(10-12(11)2)19-18(20)17-13(3)21-15-6-4-5-7-16(15)22-17/h4-10,13,17H,1-3H3,(H,19,20). The second-order valence-corrected chi connectivity index (χ2v) is 5.60. The highest BCUT2D eigenvalue weighted by Gasteiger charge is 2.34. The van der Waals surface area contributed by atoms with E-state index in [-0.39, 0.29) is 12.0 Å². The number of ether oxygens (including phenoxy) is 2. The van der Waals surface area contributed by atoms with Crippen LogP contribution in [0.25, 0.3) is 0 Å². The fourth-order valence-electron chi connectivity index (χ4n) is 2.44. The minimum atomic E-state index is -0.670. The van der Waals surface area contributed by atoms with Gasteiger partial charge < -0.3 is 14.8 Å². The summed E-state index contributed by atoms with van der Waals surface area (Å²) in [7, 11) is 0. The van der Waals surface area contributed by atoms with Crippen molar-refractivity contribution in [2.75, 3.05) is 5.32 Å². The fraction of sp³-hybridized carbons (Fsp3) is 0.278. The Balaban J connectivity index is 1.76. The van der Waals surface area contributed by atoms with Gasteiger partial charge in [0.15, 0.2) is 11.5 Å². The number of para-hydroxylation sites is 2. The predicted molar refractivity (Wildman–Crippen MR) is 85.5 cm³/mol. The van der Waals surface area contributed by atoms with Crippen LogP contribution in [0.1, 0.15) is 18.1 Å². The third kappa shape index (κ3) is 2.77. The van der Waals surface area contributed by atoms with E-state index < -0.39 is 6.10 Å². The van der Waals surface area contributed by atoms with Gasteiger partial charge in [-0.2, -0.15) is 0 Å². The van der Waals surface area contributed by atoms with Gasteiger partial charge in [0.05, 0.1) is 0 Å². The van der Waals surface area contributed by atoms with Gasteiger partial charge in [-0.3, -0.25) is 4.79 Å². The van der Waals surface area contributed by atoms with E-state index in [2.05, 4.69) is 5.32 Å². The summed E-state index contributed by atoms with van der Waals surface area (Å²) in [5.74, 6) is 1.07. The summed E-state index contributed by atoms with van der Waals surface area (Å²) in [5.41, 5.74) is 3.09. The molecule has 2 aromatic rings. The normalized spacial score (nSPS) is 19.6. The lowest BCUT2D eigenvalue weighted by Crippen LogP contribution is -2.46. The highest BCUT2D eigenvalue weighted by atomic mass is 16.6. The van der Waals surface area contributed by atoms with Crippen LogP contribution in [0.2, 0.25) is 0 Å². The number of rotatable bonds is 2.